The van der Waals surface area contributed by atoms with Crippen molar-refractivity contribution in [1.29, 1.82) is 0 Å². The molecule has 0 saturated carbocycles. The summed E-state index contributed by atoms with van der Waals surface area (Å²) in [6.07, 6.45) is 2.76. The molecule has 0 amide bonds. The van der Waals surface area contributed by atoms with Crippen LogP contribution in [0.2, 0.25) is 0 Å². The van der Waals surface area contributed by atoms with E-state index in [0.717, 1.165) is 19.6 Å². The summed E-state index contributed by atoms with van der Waals surface area (Å²) in [4.78, 5) is 5.09. The third-order valence-corrected chi connectivity index (χ3v) is 4.27. The molecule has 1 aliphatic rings. The number of likely N-dealkylation sites (tertiary alicyclic amines) is 1. The normalized spacial score (nSPS) is 17.8. The molecule has 112 valence electrons. The summed E-state index contributed by atoms with van der Waals surface area (Å²) in [5.41, 5.74) is 1.41. The number of hydrogen-bond acceptors (Lipinski definition) is 3. The molecule has 0 aliphatic carbocycles. The Morgan fingerprint density at radius 1 is 1.20 bits per heavy atom. The van der Waals surface area contributed by atoms with Gasteiger partial charge in [-0.1, -0.05) is 37.3 Å². The van der Waals surface area contributed by atoms with Crippen LogP contribution in [0.4, 0.5) is 0 Å². The summed E-state index contributed by atoms with van der Waals surface area (Å²) < 4.78 is 0. The fourth-order valence-electron chi connectivity index (χ4n) is 2.95. The van der Waals surface area contributed by atoms with E-state index in [0.29, 0.717) is 6.04 Å². The molecule has 0 radical (unpaired) electrons. The fraction of sp³-hybridized carbons (Fsp3) is 0.647. The van der Waals surface area contributed by atoms with Crippen molar-refractivity contribution in [3.05, 3.63) is 35.9 Å². The molecule has 2 rings (SSSR count). The van der Waals surface area contributed by atoms with Crippen molar-refractivity contribution in [2.24, 2.45) is 0 Å². The van der Waals surface area contributed by atoms with Crippen LogP contribution in [-0.2, 0) is 0 Å². The maximum atomic E-state index is 3.50. The Morgan fingerprint density at radius 3 is 2.55 bits per heavy atom. The predicted octanol–water partition coefficient (Wildman–Crippen LogP) is 2.36. The number of likely N-dealkylation sites (N-methyl/N-ethyl adjacent to an activating group) is 2. The number of rotatable bonds is 8. The standard InChI is InChI=1S/C17H29N3/c1-3-18-15-17(16-9-5-4-6-10-16)19(2)13-14-20-11-7-8-12-20/h4-6,9-10,17-18H,3,7-8,11-15H2,1-2H3. The maximum absolute atomic E-state index is 3.50. The van der Waals surface area contributed by atoms with Crippen molar-refractivity contribution < 1.29 is 0 Å². The minimum atomic E-state index is 0.471. The maximum Gasteiger partial charge on any atom is 0.0470 e. The van der Waals surface area contributed by atoms with Crippen molar-refractivity contribution in [2.45, 2.75) is 25.8 Å². The molecule has 1 fully saturated rings. The first-order valence-electron chi connectivity index (χ1n) is 7.99. The van der Waals surface area contributed by atoms with E-state index in [1.54, 1.807) is 0 Å². The molecule has 0 spiro atoms. The zero-order chi connectivity index (χ0) is 14.2. The van der Waals surface area contributed by atoms with Gasteiger partial charge in [0.15, 0.2) is 0 Å². The molecule has 1 heterocycles. The van der Waals surface area contributed by atoms with Gasteiger partial charge in [0.25, 0.3) is 0 Å². The molecule has 3 heteroatoms. The molecule has 0 aromatic heterocycles. The van der Waals surface area contributed by atoms with Crippen LogP contribution >= 0.6 is 0 Å². The average molecular weight is 275 g/mol. The van der Waals surface area contributed by atoms with E-state index in [-0.39, 0.29) is 0 Å². The van der Waals surface area contributed by atoms with E-state index < -0.39 is 0 Å². The summed E-state index contributed by atoms with van der Waals surface area (Å²) in [5, 5.41) is 3.50. The van der Waals surface area contributed by atoms with E-state index in [1.165, 1.54) is 38.0 Å². The largest absolute Gasteiger partial charge is 0.315 e. The monoisotopic (exact) mass is 275 g/mol. The van der Waals surface area contributed by atoms with E-state index in [4.69, 9.17) is 0 Å². The summed E-state index contributed by atoms with van der Waals surface area (Å²) in [7, 11) is 2.26. The van der Waals surface area contributed by atoms with Gasteiger partial charge in [0.05, 0.1) is 0 Å². The highest BCUT2D eigenvalue weighted by atomic mass is 15.2. The Hall–Kier alpha value is -0.900. The van der Waals surface area contributed by atoms with E-state index in [9.17, 15) is 0 Å². The second kappa shape index (κ2) is 8.40. The Kier molecular flexibility index (Phi) is 6.51. The van der Waals surface area contributed by atoms with Gasteiger partial charge in [0.2, 0.25) is 0 Å². The Bertz CT molecular complexity index is 360. The van der Waals surface area contributed by atoms with Crippen molar-refractivity contribution >= 4 is 0 Å². The lowest BCUT2D eigenvalue weighted by Gasteiger charge is -2.30. The van der Waals surface area contributed by atoms with Gasteiger partial charge in [-0.25, -0.2) is 0 Å². The van der Waals surface area contributed by atoms with Gasteiger partial charge >= 0.3 is 0 Å². The molecule has 20 heavy (non-hydrogen) atoms. The third-order valence-electron chi connectivity index (χ3n) is 4.27. The van der Waals surface area contributed by atoms with Crippen molar-refractivity contribution in [1.82, 2.24) is 15.1 Å². The summed E-state index contributed by atoms with van der Waals surface area (Å²) in [6, 6.07) is 11.3. The zero-order valence-corrected chi connectivity index (χ0v) is 13.0. The van der Waals surface area contributed by atoms with E-state index in [1.807, 2.05) is 0 Å². The SMILES string of the molecule is CCNCC(c1ccccc1)N(C)CCN1CCCC1. The molecule has 3 nitrogen and oxygen atoms in total. The van der Waals surface area contributed by atoms with Crippen LogP contribution in [0, 0.1) is 0 Å². The topological polar surface area (TPSA) is 18.5 Å². The first-order chi connectivity index (χ1) is 9.81. The first-order valence-corrected chi connectivity index (χ1v) is 7.99. The van der Waals surface area contributed by atoms with Gasteiger partial charge in [0.1, 0.15) is 0 Å². The molecule has 1 atom stereocenters. The third kappa shape index (κ3) is 4.58. The summed E-state index contributed by atoms with van der Waals surface area (Å²) in [6.45, 7) is 9.15. The van der Waals surface area contributed by atoms with Crippen LogP contribution in [0.5, 0.6) is 0 Å². The molecule has 1 aromatic carbocycles. The van der Waals surface area contributed by atoms with Gasteiger partial charge in [-0.3, -0.25) is 4.90 Å². The molecule has 1 saturated heterocycles. The number of nitrogens with one attached hydrogen (secondary N) is 1. The minimum Gasteiger partial charge on any atom is -0.315 e. The zero-order valence-electron chi connectivity index (χ0n) is 13.0. The van der Waals surface area contributed by atoms with Crippen LogP contribution in [0.15, 0.2) is 30.3 Å². The molecule has 1 unspecified atom stereocenters. The quantitative estimate of drug-likeness (QED) is 0.786. The van der Waals surface area contributed by atoms with Crippen LogP contribution in [0.3, 0.4) is 0 Å². The van der Waals surface area contributed by atoms with Gasteiger partial charge in [-0.2, -0.15) is 0 Å². The van der Waals surface area contributed by atoms with Crippen LogP contribution in [0.25, 0.3) is 0 Å². The fourth-order valence-corrected chi connectivity index (χ4v) is 2.95. The summed E-state index contributed by atoms with van der Waals surface area (Å²) in [5.74, 6) is 0. The number of hydrogen-bond donors (Lipinski definition) is 1. The van der Waals surface area contributed by atoms with Crippen molar-refractivity contribution in [2.75, 3.05) is 46.3 Å². The lowest BCUT2D eigenvalue weighted by Crippen LogP contribution is -2.38. The van der Waals surface area contributed by atoms with Crippen LogP contribution in [-0.4, -0.2) is 56.1 Å². The second-order valence-corrected chi connectivity index (χ2v) is 5.76. The highest BCUT2D eigenvalue weighted by Gasteiger charge is 2.18. The highest BCUT2D eigenvalue weighted by Crippen LogP contribution is 2.18. The number of nitrogens with zero attached hydrogens (tertiary/aromatic N) is 2. The van der Waals surface area contributed by atoms with E-state index in [2.05, 4.69) is 59.4 Å². The Morgan fingerprint density at radius 2 is 1.90 bits per heavy atom. The number of benzene rings is 1. The van der Waals surface area contributed by atoms with Gasteiger partial charge < -0.3 is 10.2 Å². The van der Waals surface area contributed by atoms with Crippen molar-refractivity contribution in [3.8, 4) is 0 Å². The predicted molar refractivity (Wildman–Crippen MR) is 86.0 cm³/mol. The minimum absolute atomic E-state index is 0.471. The van der Waals surface area contributed by atoms with Crippen molar-refractivity contribution in [3.63, 3.8) is 0 Å². The lowest BCUT2D eigenvalue weighted by molar-refractivity contribution is 0.203. The second-order valence-electron chi connectivity index (χ2n) is 5.76. The summed E-state index contributed by atoms with van der Waals surface area (Å²) >= 11 is 0. The van der Waals surface area contributed by atoms with Crippen LogP contribution < -0.4 is 5.32 Å². The van der Waals surface area contributed by atoms with Gasteiger partial charge in [-0.15, -0.1) is 0 Å². The molecule has 0 bridgehead atoms. The van der Waals surface area contributed by atoms with Gasteiger partial charge in [-0.05, 0) is 45.1 Å². The average Bonchev–Trinajstić information content (AvgIpc) is 3.00. The molecular formula is C17H29N3. The Labute approximate surface area is 124 Å². The molecule has 1 N–H and O–H groups in total. The van der Waals surface area contributed by atoms with Crippen LogP contribution in [0.1, 0.15) is 31.4 Å². The highest BCUT2D eigenvalue weighted by molar-refractivity contribution is 5.19. The smallest absolute Gasteiger partial charge is 0.0470 e. The lowest BCUT2D eigenvalue weighted by atomic mass is 10.1. The Balaban J connectivity index is 1.90. The van der Waals surface area contributed by atoms with E-state index >= 15 is 0 Å². The first kappa shape index (κ1) is 15.5. The molecule has 1 aromatic rings. The van der Waals surface area contributed by atoms with Gasteiger partial charge in [0, 0.05) is 25.7 Å². The molecular weight excluding hydrogens is 246 g/mol. The molecule has 1 aliphatic heterocycles.